The molecule has 7 nitrogen and oxygen atoms in total. The lowest BCUT2D eigenvalue weighted by molar-refractivity contribution is 0.313. The van der Waals surface area contributed by atoms with Crippen LogP contribution < -0.4 is 10.2 Å². The summed E-state index contributed by atoms with van der Waals surface area (Å²) in [5.41, 5.74) is 5.22. The summed E-state index contributed by atoms with van der Waals surface area (Å²) >= 11 is 0. The molecule has 4 aromatic rings. The van der Waals surface area contributed by atoms with E-state index in [-0.39, 0.29) is 6.04 Å². The van der Waals surface area contributed by atoms with Crippen LogP contribution in [0.2, 0.25) is 0 Å². The van der Waals surface area contributed by atoms with Gasteiger partial charge in [0.05, 0.1) is 0 Å². The molecular formula is C26H31N7. The molecule has 1 aliphatic rings. The highest BCUT2D eigenvalue weighted by atomic mass is 15.2. The van der Waals surface area contributed by atoms with Gasteiger partial charge in [0.2, 0.25) is 0 Å². The number of hydrogen-bond donors (Lipinski definition) is 1. The van der Waals surface area contributed by atoms with Crippen molar-refractivity contribution < 1.29 is 0 Å². The van der Waals surface area contributed by atoms with E-state index in [9.17, 15) is 0 Å². The van der Waals surface area contributed by atoms with Crippen molar-refractivity contribution in [1.82, 2.24) is 24.4 Å². The zero-order chi connectivity index (χ0) is 22.8. The predicted octanol–water partition coefficient (Wildman–Crippen LogP) is 4.44. The van der Waals surface area contributed by atoms with Crippen LogP contribution in [0.25, 0.3) is 22.6 Å². The van der Waals surface area contributed by atoms with Gasteiger partial charge >= 0.3 is 0 Å². The minimum atomic E-state index is 0.221. The van der Waals surface area contributed by atoms with Gasteiger partial charge in [0.15, 0.2) is 17.0 Å². The zero-order valence-electron chi connectivity index (χ0n) is 19.6. The van der Waals surface area contributed by atoms with Crippen LogP contribution in [0.3, 0.4) is 0 Å². The number of likely N-dealkylation sites (N-methyl/N-ethyl adjacent to an activating group) is 1. The number of nitrogens with one attached hydrogen (secondary N) is 1. The molecule has 0 amide bonds. The summed E-state index contributed by atoms with van der Waals surface area (Å²) in [6.45, 7) is 9.35. The second-order valence-electron chi connectivity index (χ2n) is 8.97. The quantitative estimate of drug-likeness (QED) is 0.477. The van der Waals surface area contributed by atoms with Crippen LogP contribution in [0.4, 0.5) is 11.5 Å². The van der Waals surface area contributed by atoms with Crippen LogP contribution >= 0.6 is 0 Å². The van der Waals surface area contributed by atoms with Crippen molar-refractivity contribution in [3.05, 3.63) is 66.5 Å². The molecule has 1 fully saturated rings. The Morgan fingerprint density at radius 1 is 0.909 bits per heavy atom. The maximum atomic E-state index is 5.02. The Balaban J connectivity index is 1.47. The van der Waals surface area contributed by atoms with Crippen molar-refractivity contribution >= 4 is 22.7 Å². The van der Waals surface area contributed by atoms with Crippen molar-refractivity contribution in [3.8, 4) is 11.4 Å². The van der Waals surface area contributed by atoms with Crippen molar-refractivity contribution in [3.63, 3.8) is 0 Å². The number of hydrogen-bond acceptors (Lipinski definition) is 6. The maximum Gasteiger partial charge on any atom is 0.166 e. The molecule has 5 rings (SSSR count). The van der Waals surface area contributed by atoms with E-state index < -0.39 is 0 Å². The van der Waals surface area contributed by atoms with Crippen LogP contribution in [-0.4, -0.2) is 57.6 Å². The first-order chi connectivity index (χ1) is 16.1. The number of rotatable bonds is 6. The molecule has 0 unspecified atom stereocenters. The molecule has 3 heterocycles. The summed E-state index contributed by atoms with van der Waals surface area (Å²) in [6, 6.07) is 19.3. The van der Waals surface area contributed by atoms with Crippen molar-refractivity contribution in [2.75, 3.05) is 43.4 Å². The average Bonchev–Trinajstić information content (AvgIpc) is 3.25. The molecule has 1 N–H and O–H groups in total. The second-order valence-corrected chi connectivity index (χ2v) is 8.97. The van der Waals surface area contributed by atoms with E-state index in [0.717, 1.165) is 54.5 Å². The summed E-state index contributed by atoms with van der Waals surface area (Å²) < 4.78 is 2.20. The van der Waals surface area contributed by atoms with Gasteiger partial charge < -0.3 is 19.7 Å². The SMILES string of the molecule is CC(C)n1c(-c2ccc(N3CCN(C)CC3)cc2)nc2c(NCc3ccccc3)ncnc21. The molecule has 1 saturated heterocycles. The highest BCUT2D eigenvalue weighted by Gasteiger charge is 2.20. The van der Waals surface area contributed by atoms with Crippen molar-refractivity contribution in [2.24, 2.45) is 0 Å². The molecule has 0 atom stereocenters. The molecule has 0 radical (unpaired) electrons. The molecule has 0 saturated carbocycles. The van der Waals surface area contributed by atoms with Gasteiger partial charge in [-0.15, -0.1) is 0 Å². The van der Waals surface area contributed by atoms with Gasteiger partial charge in [-0.1, -0.05) is 30.3 Å². The van der Waals surface area contributed by atoms with Gasteiger partial charge in [0, 0.05) is 50.0 Å². The van der Waals surface area contributed by atoms with Crippen LogP contribution in [-0.2, 0) is 6.54 Å². The third kappa shape index (κ3) is 4.41. The Morgan fingerprint density at radius 3 is 2.33 bits per heavy atom. The Labute approximate surface area is 195 Å². The van der Waals surface area contributed by atoms with E-state index in [1.165, 1.54) is 11.3 Å². The Kier molecular flexibility index (Phi) is 5.96. The van der Waals surface area contributed by atoms with E-state index in [1.54, 1.807) is 6.33 Å². The van der Waals surface area contributed by atoms with Gasteiger partial charge in [-0.3, -0.25) is 0 Å². The molecule has 0 spiro atoms. The summed E-state index contributed by atoms with van der Waals surface area (Å²) in [5, 5.41) is 3.45. The predicted molar refractivity (Wildman–Crippen MR) is 135 cm³/mol. The molecule has 0 aliphatic carbocycles. The number of imidazole rings is 1. The fraction of sp³-hybridized carbons (Fsp3) is 0.346. The molecule has 33 heavy (non-hydrogen) atoms. The molecular weight excluding hydrogens is 410 g/mol. The monoisotopic (exact) mass is 441 g/mol. The zero-order valence-corrected chi connectivity index (χ0v) is 19.6. The highest BCUT2D eigenvalue weighted by molar-refractivity contribution is 5.86. The smallest absolute Gasteiger partial charge is 0.166 e. The minimum Gasteiger partial charge on any atom is -0.369 e. The van der Waals surface area contributed by atoms with E-state index in [4.69, 9.17) is 4.98 Å². The third-order valence-electron chi connectivity index (χ3n) is 6.29. The lowest BCUT2D eigenvalue weighted by Gasteiger charge is -2.34. The molecule has 0 bridgehead atoms. The molecule has 2 aromatic carbocycles. The van der Waals surface area contributed by atoms with Crippen LogP contribution in [0.15, 0.2) is 60.9 Å². The largest absolute Gasteiger partial charge is 0.369 e. The number of benzene rings is 2. The fourth-order valence-corrected chi connectivity index (χ4v) is 4.40. The lowest BCUT2D eigenvalue weighted by Crippen LogP contribution is -2.44. The van der Waals surface area contributed by atoms with Crippen LogP contribution in [0.5, 0.6) is 0 Å². The molecule has 170 valence electrons. The number of fused-ring (bicyclic) bond motifs is 1. The highest BCUT2D eigenvalue weighted by Crippen LogP contribution is 2.31. The van der Waals surface area contributed by atoms with Crippen LogP contribution in [0, 0.1) is 0 Å². The van der Waals surface area contributed by atoms with Gasteiger partial charge in [-0.2, -0.15) is 0 Å². The molecule has 2 aromatic heterocycles. The minimum absolute atomic E-state index is 0.221. The normalized spacial score (nSPS) is 14.8. The molecule has 1 aliphatic heterocycles. The maximum absolute atomic E-state index is 5.02. The first-order valence-electron chi connectivity index (χ1n) is 11.6. The van der Waals surface area contributed by atoms with Gasteiger partial charge in [-0.05, 0) is 50.7 Å². The van der Waals surface area contributed by atoms with Crippen molar-refractivity contribution in [1.29, 1.82) is 0 Å². The molecule has 7 heteroatoms. The Bertz CT molecular complexity index is 1210. The van der Waals surface area contributed by atoms with Crippen molar-refractivity contribution in [2.45, 2.75) is 26.4 Å². The number of anilines is 2. The topological polar surface area (TPSA) is 62.1 Å². The van der Waals surface area contributed by atoms with E-state index in [2.05, 4.69) is 86.9 Å². The van der Waals surface area contributed by atoms with E-state index in [0.29, 0.717) is 6.54 Å². The summed E-state index contributed by atoms with van der Waals surface area (Å²) in [6.07, 6.45) is 1.62. The standard InChI is InChI=1S/C26H31N7/c1-19(2)33-25(21-9-11-22(12-10-21)32-15-13-31(3)14-16-32)30-23-24(28-18-29-26(23)33)27-17-20-7-5-4-6-8-20/h4-12,18-19H,13-17H2,1-3H3,(H,27,28,29). The summed E-state index contributed by atoms with van der Waals surface area (Å²) in [7, 11) is 2.18. The van der Waals surface area contributed by atoms with Gasteiger partial charge in [-0.25, -0.2) is 15.0 Å². The number of piperazine rings is 1. The summed E-state index contributed by atoms with van der Waals surface area (Å²) in [5.74, 6) is 1.69. The van der Waals surface area contributed by atoms with Crippen LogP contribution in [0.1, 0.15) is 25.5 Å². The first-order valence-corrected chi connectivity index (χ1v) is 11.6. The van der Waals surface area contributed by atoms with E-state index >= 15 is 0 Å². The third-order valence-corrected chi connectivity index (χ3v) is 6.29. The van der Waals surface area contributed by atoms with Gasteiger partial charge in [0.1, 0.15) is 12.2 Å². The van der Waals surface area contributed by atoms with Gasteiger partial charge in [0.25, 0.3) is 0 Å². The Hall–Kier alpha value is -3.45. The number of nitrogens with zero attached hydrogens (tertiary/aromatic N) is 6. The number of aromatic nitrogens is 4. The van der Waals surface area contributed by atoms with E-state index in [1.807, 2.05) is 18.2 Å². The lowest BCUT2D eigenvalue weighted by atomic mass is 10.1. The summed E-state index contributed by atoms with van der Waals surface area (Å²) in [4.78, 5) is 19.0. The first kappa shape index (κ1) is 21.4. The Morgan fingerprint density at radius 2 is 1.64 bits per heavy atom. The second kappa shape index (κ2) is 9.19. The average molecular weight is 442 g/mol. The fourth-order valence-electron chi connectivity index (χ4n) is 4.40.